The Labute approximate surface area is 85.3 Å². The van der Waals surface area contributed by atoms with Gasteiger partial charge in [-0.1, -0.05) is 0 Å². The van der Waals surface area contributed by atoms with E-state index >= 15 is 0 Å². The molecule has 6 nitrogen and oxygen atoms in total. The van der Waals surface area contributed by atoms with Crippen LogP contribution in [0.5, 0.6) is 0 Å². The van der Waals surface area contributed by atoms with Crippen LogP contribution in [0.1, 0.15) is 0 Å². The summed E-state index contributed by atoms with van der Waals surface area (Å²) < 4.78 is 0. The summed E-state index contributed by atoms with van der Waals surface area (Å²) >= 11 is 0. The summed E-state index contributed by atoms with van der Waals surface area (Å²) in [6, 6.07) is 0. The number of aliphatic hydroxyl groups excluding tert-OH is 5. The molecular formula is C6H14O6Se. The SMILES string of the molecule is O=CC(O)C(O)C(O)C(O)CO.[SeH2]. The van der Waals surface area contributed by atoms with E-state index < -0.39 is 31.0 Å². The van der Waals surface area contributed by atoms with Crippen LogP contribution in [0.3, 0.4) is 0 Å². The van der Waals surface area contributed by atoms with Crippen LogP contribution in [0, 0.1) is 0 Å². The van der Waals surface area contributed by atoms with Gasteiger partial charge in [0.2, 0.25) is 0 Å². The molecule has 80 valence electrons. The number of hydrogen-bond donors (Lipinski definition) is 5. The fourth-order valence-electron chi connectivity index (χ4n) is 0.618. The number of carbonyl (C=O) groups excluding carboxylic acids is 1. The van der Waals surface area contributed by atoms with Crippen molar-refractivity contribution in [2.75, 3.05) is 6.61 Å². The molecule has 0 bridgehead atoms. The molecule has 0 fully saturated rings. The molecule has 0 spiro atoms. The van der Waals surface area contributed by atoms with Crippen molar-refractivity contribution in [2.45, 2.75) is 24.4 Å². The maximum absolute atomic E-state index is 9.90. The molecule has 5 N–H and O–H groups in total. The van der Waals surface area contributed by atoms with Crippen LogP contribution < -0.4 is 0 Å². The number of rotatable bonds is 5. The van der Waals surface area contributed by atoms with Gasteiger partial charge in [-0.15, -0.1) is 0 Å². The van der Waals surface area contributed by atoms with Gasteiger partial charge < -0.3 is 30.3 Å². The summed E-state index contributed by atoms with van der Waals surface area (Å²) in [5.41, 5.74) is 0. The van der Waals surface area contributed by atoms with Gasteiger partial charge in [0.05, 0.1) is 6.61 Å². The molecule has 0 amide bonds. The zero-order valence-electron chi connectivity index (χ0n) is 6.74. The molecule has 0 radical (unpaired) electrons. The Morgan fingerprint density at radius 1 is 1.08 bits per heavy atom. The Morgan fingerprint density at radius 3 is 1.85 bits per heavy atom. The standard InChI is InChI=1S/C6H12O6.H2Se/c7-1-3(9)5(11)6(12)4(10)2-8;/h1,3-6,8-12H,2H2;1H2. The van der Waals surface area contributed by atoms with Crippen LogP contribution in [0.25, 0.3) is 0 Å². The second kappa shape index (κ2) is 7.40. The second-order valence-electron chi connectivity index (χ2n) is 2.36. The van der Waals surface area contributed by atoms with E-state index in [2.05, 4.69) is 0 Å². The van der Waals surface area contributed by atoms with Gasteiger partial charge >= 0.3 is 17.1 Å². The van der Waals surface area contributed by atoms with Crippen molar-refractivity contribution >= 4 is 23.4 Å². The Balaban J connectivity index is 0. The molecule has 4 atom stereocenters. The van der Waals surface area contributed by atoms with Crippen molar-refractivity contribution in [2.24, 2.45) is 0 Å². The van der Waals surface area contributed by atoms with Crippen molar-refractivity contribution in [1.29, 1.82) is 0 Å². The van der Waals surface area contributed by atoms with E-state index in [1.165, 1.54) is 0 Å². The van der Waals surface area contributed by atoms with Crippen LogP contribution in [-0.2, 0) is 4.79 Å². The minimum atomic E-state index is -1.79. The zero-order chi connectivity index (χ0) is 9.72. The van der Waals surface area contributed by atoms with Crippen molar-refractivity contribution in [3.05, 3.63) is 0 Å². The van der Waals surface area contributed by atoms with Gasteiger partial charge in [0.15, 0.2) is 6.29 Å². The third-order valence-corrected chi connectivity index (χ3v) is 1.42. The Hall–Kier alpha value is -0.0105. The third-order valence-electron chi connectivity index (χ3n) is 1.42. The van der Waals surface area contributed by atoms with Gasteiger partial charge in [-0.3, -0.25) is 0 Å². The Kier molecular flexibility index (Phi) is 8.80. The number of aldehydes is 1. The molecule has 0 aromatic heterocycles. The van der Waals surface area contributed by atoms with E-state index in [1.54, 1.807) is 0 Å². The molecule has 0 heterocycles. The predicted molar refractivity (Wildman–Crippen MR) is 45.7 cm³/mol. The fraction of sp³-hybridized carbons (Fsp3) is 0.833. The molecule has 4 unspecified atom stereocenters. The van der Waals surface area contributed by atoms with Crippen LogP contribution in [0.2, 0.25) is 0 Å². The average Bonchev–Trinajstić information content (AvgIpc) is 2.12. The molecule has 0 aromatic rings. The van der Waals surface area contributed by atoms with Crippen molar-refractivity contribution < 1.29 is 30.3 Å². The van der Waals surface area contributed by atoms with Gasteiger partial charge in [0.25, 0.3) is 0 Å². The second-order valence-corrected chi connectivity index (χ2v) is 2.36. The molecule has 0 saturated carbocycles. The van der Waals surface area contributed by atoms with Crippen molar-refractivity contribution in [3.63, 3.8) is 0 Å². The van der Waals surface area contributed by atoms with E-state index in [0.29, 0.717) is 0 Å². The average molecular weight is 261 g/mol. The Bertz CT molecular complexity index is 143. The molecule has 0 aliphatic carbocycles. The van der Waals surface area contributed by atoms with Gasteiger partial charge in [0, 0.05) is 0 Å². The normalized spacial score (nSPS) is 19.5. The molecule has 0 rings (SSSR count). The summed E-state index contributed by atoms with van der Waals surface area (Å²) in [6.45, 7) is -0.760. The quantitative estimate of drug-likeness (QED) is 0.252. The first-order valence-corrected chi connectivity index (χ1v) is 3.33. The molecular weight excluding hydrogens is 247 g/mol. The summed E-state index contributed by atoms with van der Waals surface area (Å²) in [5, 5.41) is 43.5. The van der Waals surface area contributed by atoms with Crippen LogP contribution in [-0.4, -0.2) is 79.9 Å². The van der Waals surface area contributed by atoms with Gasteiger partial charge in [-0.25, -0.2) is 0 Å². The Morgan fingerprint density at radius 2 is 1.54 bits per heavy atom. The van der Waals surface area contributed by atoms with Crippen molar-refractivity contribution in [1.82, 2.24) is 0 Å². The minimum absolute atomic E-state index is 0. The van der Waals surface area contributed by atoms with E-state index in [1.807, 2.05) is 0 Å². The van der Waals surface area contributed by atoms with E-state index in [9.17, 15) is 4.79 Å². The summed E-state index contributed by atoms with van der Waals surface area (Å²) in [7, 11) is 0. The summed E-state index contributed by atoms with van der Waals surface area (Å²) in [6.07, 6.45) is -6.84. The summed E-state index contributed by atoms with van der Waals surface area (Å²) in [5.74, 6) is 0. The van der Waals surface area contributed by atoms with Crippen LogP contribution in [0.15, 0.2) is 0 Å². The van der Waals surface area contributed by atoms with Gasteiger partial charge in [0.1, 0.15) is 24.4 Å². The number of aliphatic hydroxyl groups is 5. The molecule has 0 aliphatic rings. The van der Waals surface area contributed by atoms with Crippen LogP contribution in [0.4, 0.5) is 0 Å². The maximum atomic E-state index is 9.90. The van der Waals surface area contributed by atoms with Crippen LogP contribution >= 0.6 is 0 Å². The van der Waals surface area contributed by atoms with Crippen molar-refractivity contribution in [3.8, 4) is 0 Å². The molecule has 7 heteroatoms. The van der Waals surface area contributed by atoms with E-state index in [-0.39, 0.29) is 23.4 Å². The first-order valence-electron chi connectivity index (χ1n) is 3.33. The zero-order valence-corrected chi connectivity index (χ0v) is 8.84. The number of carbonyl (C=O) groups is 1. The molecule has 0 saturated heterocycles. The first-order chi connectivity index (χ1) is 5.54. The third kappa shape index (κ3) is 4.68. The first kappa shape index (κ1) is 15.5. The molecule has 0 aromatic carbocycles. The summed E-state index contributed by atoms with van der Waals surface area (Å²) in [4.78, 5) is 9.90. The van der Waals surface area contributed by atoms with Gasteiger partial charge in [-0.2, -0.15) is 0 Å². The monoisotopic (exact) mass is 262 g/mol. The number of hydrogen-bond acceptors (Lipinski definition) is 6. The molecule has 0 aliphatic heterocycles. The van der Waals surface area contributed by atoms with E-state index in [0.717, 1.165) is 0 Å². The fourth-order valence-corrected chi connectivity index (χ4v) is 0.618. The van der Waals surface area contributed by atoms with Gasteiger partial charge in [-0.05, 0) is 0 Å². The topological polar surface area (TPSA) is 118 Å². The molecule has 13 heavy (non-hydrogen) atoms. The predicted octanol–water partition coefficient (Wildman–Crippen LogP) is -4.29. The van der Waals surface area contributed by atoms with E-state index in [4.69, 9.17) is 25.5 Å².